The zero-order valence-corrected chi connectivity index (χ0v) is 10.9. The molecule has 0 aliphatic heterocycles. The first-order chi connectivity index (χ1) is 8.81. The highest BCUT2D eigenvalue weighted by atomic mass is 35.5. The number of nitrogens with one attached hydrogen (secondary N) is 1. The van der Waals surface area contributed by atoms with Crippen LogP contribution >= 0.6 is 11.6 Å². The molecule has 0 fully saturated rings. The largest absolute Gasteiger partial charge is 0.443 e. The van der Waals surface area contributed by atoms with Crippen LogP contribution in [0.5, 0.6) is 0 Å². The zero-order chi connectivity index (χ0) is 12.8. The molecule has 96 valence electrons. The molecule has 0 spiro atoms. The Morgan fingerprint density at radius 3 is 3.11 bits per heavy atom. The second-order valence-electron chi connectivity index (χ2n) is 3.81. The Morgan fingerprint density at radius 2 is 2.33 bits per heavy atom. The molecule has 2 aromatic rings. The third-order valence-corrected chi connectivity index (χ3v) is 2.74. The number of oxazole rings is 1. The van der Waals surface area contributed by atoms with Gasteiger partial charge in [0.2, 0.25) is 0 Å². The van der Waals surface area contributed by atoms with Crippen molar-refractivity contribution < 1.29 is 9.15 Å². The summed E-state index contributed by atoms with van der Waals surface area (Å²) in [7, 11) is 1.68. The predicted molar refractivity (Wildman–Crippen MR) is 70.5 cm³/mol. The van der Waals surface area contributed by atoms with Crippen LogP contribution in [0.4, 0.5) is 0 Å². The van der Waals surface area contributed by atoms with Gasteiger partial charge in [-0.3, -0.25) is 0 Å². The highest BCUT2D eigenvalue weighted by Gasteiger charge is 2.10. The lowest BCUT2D eigenvalue weighted by molar-refractivity contribution is 0.199. The lowest BCUT2D eigenvalue weighted by Gasteiger charge is -2.04. The van der Waals surface area contributed by atoms with Crippen molar-refractivity contribution in [2.24, 2.45) is 0 Å². The molecule has 5 heteroatoms. The van der Waals surface area contributed by atoms with Gasteiger partial charge in [0.05, 0.1) is 6.61 Å². The van der Waals surface area contributed by atoms with E-state index in [1.54, 1.807) is 7.11 Å². The van der Waals surface area contributed by atoms with Gasteiger partial charge in [-0.2, -0.15) is 0 Å². The van der Waals surface area contributed by atoms with E-state index in [-0.39, 0.29) is 0 Å². The van der Waals surface area contributed by atoms with Crippen LogP contribution in [0, 0.1) is 0 Å². The lowest BCUT2D eigenvalue weighted by Crippen LogP contribution is -2.19. The summed E-state index contributed by atoms with van der Waals surface area (Å²) >= 11 is 5.97. The minimum absolute atomic E-state index is 0.641. The number of rotatable bonds is 6. The van der Waals surface area contributed by atoms with E-state index in [1.165, 1.54) is 6.39 Å². The Balaban J connectivity index is 2.08. The van der Waals surface area contributed by atoms with E-state index >= 15 is 0 Å². The van der Waals surface area contributed by atoms with E-state index in [4.69, 9.17) is 20.8 Å². The molecular weight excluding hydrogens is 252 g/mol. The van der Waals surface area contributed by atoms with Crippen LogP contribution in [0.15, 0.2) is 35.1 Å². The fourth-order valence-corrected chi connectivity index (χ4v) is 1.83. The minimum atomic E-state index is 0.641. The van der Waals surface area contributed by atoms with Crippen LogP contribution in [0.1, 0.15) is 5.69 Å². The first-order valence-electron chi connectivity index (χ1n) is 5.69. The van der Waals surface area contributed by atoms with Crippen molar-refractivity contribution in [2.75, 3.05) is 20.3 Å². The van der Waals surface area contributed by atoms with Crippen molar-refractivity contribution in [1.29, 1.82) is 0 Å². The number of hydrogen-bond acceptors (Lipinski definition) is 4. The normalized spacial score (nSPS) is 10.8. The first-order valence-corrected chi connectivity index (χ1v) is 6.07. The number of methoxy groups -OCH3 is 1. The molecule has 1 aromatic carbocycles. The van der Waals surface area contributed by atoms with Crippen LogP contribution < -0.4 is 5.32 Å². The van der Waals surface area contributed by atoms with Crippen molar-refractivity contribution in [3.63, 3.8) is 0 Å². The van der Waals surface area contributed by atoms with E-state index < -0.39 is 0 Å². The van der Waals surface area contributed by atoms with Gasteiger partial charge in [-0.25, -0.2) is 4.98 Å². The van der Waals surface area contributed by atoms with Crippen molar-refractivity contribution in [3.8, 4) is 11.3 Å². The van der Waals surface area contributed by atoms with Crippen molar-refractivity contribution in [3.05, 3.63) is 41.4 Å². The van der Waals surface area contributed by atoms with Crippen LogP contribution in [0.2, 0.25) is 5.02 Å². The Bertz CT molecular complexity index is 499. The van der Waals surface area contributed by atoms with Crippen molar-refractivity contribution in [2.45, 2.75) is 6.54 Å². The molecule has 18 heavy (non-hydrogen) atoms. The van der Waals surface area contributed by atoms with Gasteiger partial charge < -0.3 is 14.5 Å². The summed E-state index contributed by atoms with van der Waals surface area (Å²) in [5.74, 6) is 0.752. The van der Waals surface area contributed by atoms with Gasteiger partial charge in [0.1, 0.15) is 5.69 Å². The van der Waals surface area contributed by atoms with Gasteiger partial charge in [0.25, 0.3) is 0 Å². The van der Waals surface area contributed by atoms with Gasteiger partial charge in [-0.15, -0.1) is 0 Å². The molecule has 1 N–H and O–H groups in total. The van der Waals surface area contributed by atoms with E-state index in [0.29, 0.717) is 18.2 Å². The Morgan fingerprint density at radius 1 is 1.44 bits per heavy atom. The summed E-state index contributed by atoms with van der Waals surface area (Å²) in [4.78, 5) is 4.21. The van der Waals surface area contributed by atoms with E-state index in [2.05, 4.69) is 10.3 Å². The smallest absolute Gasteiger partial charge is 0.181 e. The molecule has 1 aromatic heterocycles. The maximum atomic E-state index is 5.97. The molecule has 0 radical (unpaired) electrons. The number of benzene rings is 1. The SMILES string of the molecule is COCCNCc1ncoc1-c1cccc(Cl)c1. The molecular formula is C13H15ClN2O2. The second-order valence-corrected chi connectivity index (χ2v) is 4.24. The van der Waals surface area contributed by atoms with E-state index in [1.807, 2.05) is 24.3 Å². The van der Waals surface area contributed by atoms with Crippen LogP contribution in [0.3, 0.4) is 0 Å². The molecule has 0 bridgehead atoms. The predicted octanol–water partition coefficient (Wildman–Crippen LogP) is 2.73. The van der Waals surface area contributed by atoms with Gasteiger partial charge in [-0.1, -0.05) is 23.7 Å². The fraction of sp³-hybridized carbons (Fsp3) is 0.308. The summed E-state index contributed by atoms with van der Waals surface area (Å²) in [5.41, 5.74) is 1.80. The molecule has 0 amide bonds. The van der Waals surface area contributed by atoms with Crippen LogP contribution in [-0.4, -0.2) is 25.2 Å². The van der Waals surface area contributed by atoms with Crippen molar-refractivity contribution in [1.82, 2.24) is 10.3 Å². The van der Waals surface area contributed by atoms with E-state index in [0.717, 1.165) is 23.6 Å². The fourth-order valence-electron chi connectivity index (χ4n) is 1.64. The summed E-state index contributed by atoms with van der Waals surface area (Å²) in [5, 5.41) is 3.92. The topological polar surface area (TPSA) is 47.3 Å². The molecule has 1 heterocycles. The standard InChI is InChI=1S/C13H15ClN2O2/c1-17-6-5-15-8-12-13(18-9-16-12)10-3-2-4-11(14)7-10/h2-4,7,9,15H,5-6,8H2,1H3. The monoisotopic (exact) mass is 266 g/mol. The van der Waals surface area contributed by atoms with E-state index in [9.17, 15) is 0 Å². The maximum absolute atomic E-state index is 5.97. The van der Waals surface area contributed by atoms with Crippen LogP contribution in [0.25, 0.3) is 11.3 Å². The molecule has 0 aliphatic carbocycles. The highest BCUT2D eigenvalue weighted by molar-refractivity contribution is 6.30. The molecule has 4 nitrogen and oxygen atoms in total. The summed E-state index contributed by atoms with van der Waals surface area (Å²) in [6, 6.07) is 7.53. The lowest BCUT2D eigenvalue weighted by atomic mass is 10.1. The molecule has 2 rings (SSSR count). The van der Waals surface area contributed by atoms with Gasteiger partial charge in [0, 0.05) is 30.8 Å². The van der Waals surface area contributed by atoms with Gasteiger partial charge in [0.15, 0.2) is 12.2 Å². The molecule has 0 saturated carbocycles. The molecule has 0 saturated heterocycles. The van der Waals surface area contributed by atoms with Gasteiger partial charge in [-0.05, 0) is 12.1 Å². The number of halogens is 1. The first kappa shape index (κ1) is 13.1. The Labute approximate surface area is 111 Å². The molecule has 0 aliphatic rings. The minimum Gasteiger partial charge on any atom is -0.443 e. The summed E-state index contributed by atoms with van der Waals surface area (Å²) in [6.45, 7) is 2.09. The maximum Gasteiger partial charge on any atom is 0.181 e. The Hall–Kier alpha value is -1.36. The highest BCUT2D eigenvalue weighted by Crippen LogP contribution is 2.25. The average Bonchev–Trinajstić information content (AvgIpc) is 2.83. The quantitative estimate of drug-likeness (QED) is 0.817. The third kappa shape index (κ3) is 3.32. The number of nitrogens with zero attached hydrogens (tertiary/aromatic N) is 1. The molecule has 0 unspecified atom stereocenters. The Kier molecular flexibility index (Phi) is 4.75. The van der Waals surface area contributed by atoms with Crippen LogP contribution in [-0.2, 0) is 11.3 Å². The summed E-state index contributed by atoms with van der Waals surface area (Å²) < 4.78 is 10.4. The average molecular weight is 267 g/mol. The number of ether oxygens (including phenoxy) is 1. The zero-order valence-electron chi connectivity index (χ0n) is 10.1. The second kappa shape index (κ2) is 6.54. The van der Waals surface area contributed by atoms with Gasteiger partial charge >= 0.3 is 0 Å². The number of aromatic nitrogens is 1. The van der Waals surface area contributed by atoms with Crippen molar-refractivity contribution >= 4 is 11.6 Å². The molecule has 0 atom stereocenters. The third-order valence-electron chi connectivity index (χ3n) is 2.50. The number of hydrogen-bond donors (Lipinski definition) is 1. The summed E-state index contributed by atoms with van der Waals surface area (Å²) in [6.07, 6.45) is 1.45.